The Morgan fingerprint density at radius 1 is 1.35 bits per heavy atom. The molecule has 0 saturated carbocycles. The van der Waals surface area contributed by atoms with Gasteiger partial charge in [0.25, 0.3) is 0 Å². The van der Waals surface area contributed by atoms with Crippen LogP contribution in [0.4, 0.5) is 4.39 Å². The summed E-state index contributed by atoms with van der Waals surface area (Å²) in [6.45, 7) is 4.06. The number of allylic oxidation sites excluding steroid dienone is 4. The van der Waals surface area contributed by atoms with Crippen molar-refractivity contribution < 1.29 is 4.39 Å². The summed E-state index contributed by atoms with van der Waals surface area (Å²) >= 11 is 0. The van der Waals surface area contributed by atoms with Crippen LogP contribution in [0, 0.1) is 24.1 Å². The van der Waals surface area contributed by atoms with Crippen molar-refractivity contribution >= 4 is 16.9 Å². The molecule has 2 aromatic heterocycles. The van der Waals surface area contributed by atoms with E-state index in [0.29, 0.717) is 17.2 Å². The van der Waals surface area contributed by atoms with Gasteiger partial charge in [0.2, 0.25) is 0 Å². The second kappa shape index (κ2) is 6.33. The molecule has 0 fully saturated rings. The number of halogens is 1. The molecule has 26 heavy (non-hydrogen) atoms. The second-order valence-electron chi connectivity index (χ2n) is 6.66. The van der Waals surface area contributed by atoms with Crippen molar-refractivity contribution in [2.45, 2.75) is 20.3 Å². The first-order valence-corrected chi connectivity index (χ1v) is 8.61. The molecule has 5 heteroatoms. The summed E-state index contributed by atoms with van der Waals surface area (Å²) in [7, 11) is 0. The molecule has 0 bridgehead atoms. The van der Waals surface area contributed by atoms with Crippen LogP contribution in [0.3, 0.4) is 0 Å². The van der Waals surface area contributed by atoms with E-state index in [4.69, 9.17) is 10.4 Å². The van der Waals surface area contributed by atoms with Crippen molar-refractivity contribution in [3.8, 4) is 0 Å². The third-order valence-electron chi connectivity index (χ3n) is 4.65. The van der Waals surface area contributed by atoms with Gasteiger partial charge in [-0.15, -0.1) is 0 Å². The quantitative estimate of drug-likeness (QED) is 0.706. The molecule has 1 unspecified atom stereocenters. The zero-order chi connectivity index (χ0) is 18.3. The first kappa shape index (κ1) is 16.4. The third kappa shape index (κ3) is 2.75. The van der Waals surface area contributed by atoms with Gasteiger partial charge in [-0.05, 0) is 37.0 Å². The van der Waals surface area contributed by atoms with Gasteiger partial charge in [-0.3, -0.25) is 14.8 Å². The minimum Gasteiger partial charge on any atom is -0.298 e. The Kier molecular flexibility index (Phi) is 3.99. The van der Waals surface area contributed by atoms with Gasteiger partial charge in [0.15, 0.2) is 5.65 Å². The summed E-state index contributed by atoms with van der Waals surface area (Å²) in [4.78, 5) is 9.12. The van der Waals surface area contributed by atoms with Gasteiger partial charge in [0.05, 0.1) is 22.8 Å². The largest absolute Gasteiger partial charge is 0.298 e. The van der Waals surface area contributed by atoms with Gasteiger partial charge in [0.1, 0.15) is 5.82 Å². The summed E-state index contributed by atoms with van der Waals surface area (Å²) < 4.78 is 15.6. The summed E-state index contributed by atoms with van der Waals surface area (Å²) in [5.74, 6) is 0.0594. The number of aromatic nitrogens is 3. The number of hydrogen-bond donors (Lipinski definition) is 1. The molecule has 0 radical (unpaired) electrons. The molecule has 4 nitrogen and oxygen atoms in total. The van der Waals surface area contributed by atoms with Crippen molar-refractivity contribution in [1.29, 1.82) is 5.41 Å². The summed E-state index contributed by atoms with van der Waals surface area (Å²) in [5, 5.41) is 8.75. The van der Waals surface area contributed by atoms with Crippen LogP contribution in [0.2, 0.25) is 0 Å². The zero-order valence-electron chi connectivity index (χ0n) is 14.7. The Balaban J connectivity index is 1.96. The smallest absolute Gasteiger partial charge is 0.159 e. The predicted molar refractivity (Wildman–Crippen MR) is 101 cm³/mol. The highest BCUT2D eigenvalue weighted by molar-refractivity contribution is 6.12. The Hall–Kier alpha value is -3.08. The van der Waals surface area contributed by atoms with Gasteiger partial charge < -0.3 is 0 Å². The number of aryl methyl sites for hydroxylation is 1. The minimum atomic E-state index is -0.353. The molecule has 130 valence electrons. The molecular weight excluding hydrogens is 327 g/mol. The van der Waals surface area contributed by atoms with Gasteiger partial charge >= 0.3 is 0 Å². The highest BCUT2D eigenvalue weighted by Gasteiger charge is 2.23. The normalized spacial score (nSPS) is 16.7. The Bertz CT molecular complexity index is 1070. The molecule has 1 N–H and O–H groups in total. The maximum atomic E-state index is 13.7. The molecule has 1 aliphatic carbocycles. The van der Waals surface area contributed by atoms with Crippen LogP contribution in [-0.4, -0.2) is 20.1 Å². The number of fused-ring (bicyclic) bond motifs is 1. The molecule has 0 spiro atoms. The maximum absolute atomic E-state index is 13.7. The van der Waals surface area contributed by atoms with E-state index in [1.165, 1.54) is 12.1 Å². The van der Waals surface area contributed by atoms with Crippen molar-refractivity contribution in [2.75, 3.05) is 0 Å². The van der Waals surface area contributed by atoms with Gasteiger partial charge in [-0.1, -0.05) is 37.3 Å². The van der Waals surface area contributed by atoms with Crippen molar-refractivity contribution in [1.82, 2.24) is 14.4 Å². The van der Waals surface area contributed by atoms with E-state index in [1.54, 1.807) is 18.3 Å². The number of nitrogens with one attached hydrogen (secondary N) is 1. The summed E-state index contributed by atoms with van der Waals surface area (Å²) in [5.41, 5.74) is 4.83. The van der Waals surface area contributed by atoms with Crippen molar-refractivity contribution in [2.24, 2.45) is 5.92 Å². The van der Waals surface area contributed by atoms with Crippen LogP contribution in [0.15, 0.2) is 54.9 Å². The lowest BCUT2D eigenvalue weighted by Crippen LogP contribution is -2.10. The van der Waals surface area contributed by atoms with E-state index in [1.807, 2.05) is 29.7 Å². The summed E-state index contributed by atoms with van der Waals surface area (Å²) in [6.07, 6.45) is 10.6. The first-order chi connectivity index (χ1) is 12.5. The molecular formula is C21H19FN4. The fourth-order valence-corrected chi connectivity index (χ4v) is 3.37. The highest BCUT2D eigenvalue weighted by atomic mass is 19.1. The lowest BCUT2D eigenvalue weighted by molar-refractivity contribution is 0.627. The molecule has 0 saturated heterocycles. The molecule has 0 aliphatic heterocycles. The maximum Gasteiger partial charge on any atom is 0.159 e. The van der Waals surface area contributed by atoms with Crippen LogP contribution in [0.5, 0.6) is 0 Å². The molecule has 1 atom stereocenters. The number of rotatable bonds is 3. The number of benzene rings is 1. The van der Waals surface area contributed by atoms with Gasteiger partial charge in [-0.25, -0.2) is 9.37 Å². The van der Waals surface area contributed by atoms with Crippen LogP contribution in [-0.2, 0) is 0 Å². The summed E-state index contributed by atoms with van der Waals surface area (Å²) in [6, 6.07) is 6.15. The van der Waals surface area contributed by atoms with E-state index >= 15 is 0 Å². The van der Waals surface area contributed by atoms with Gasteiger partial charge in [0, 0.05) is 18.0 Å². The molecule has 0 amide bonds. The fourth-order valence-electron chi connectivity index (χ4n) is 3.37. The minimum absolute atomic E-state index is 0.251. The Labute approximate surface area is 151 Å². The standard InChI is InChI=1S/C21H19FN4/c1-13-5-3-7-16(11-13)19-20(18(23)15-6-4-8-17(22)12-15)26-10-9-24-14(2)21(26)25-19/h3-10,12-13,23H,11H2,1-2H3. The Morgan fingerprint density at radius 2 is 2.19 bits per heavy atom. The topological polar surface area (TPSA) is 54.0 Å². The van der Waals surface area contributed by atoms with E-state index in [2.05, 4.69) is 18.0 Å². The zero-order valence-corrected chi connectivity index (χ0v) is 14.7. The lowest BCUT2D eigenvalue weighted by Gasteiger charge is -2.15. The number of hydrogen-bond acceptors (Lipinski definition) is 3. The van der Waals surface area contributed by atoms with Crippen LogP contribution < -0.4 is 0 Å². The molecule has 1 aromatic carbocycles. The monoisotopic (exact) mass is 346 g/mol. The molecule has 1 aliphatic rings. The predicted octanol–water partition coefficient (Wildman–Crippen LogP) is 4.57. The molecule has 2 heterocycles. The first-order valence-electron chi connectivity index (χ1n) is 8.61. The van der Waals surface area contributed by atoms with Crippen molar-refractivity contribution in [3.05, 3.63) is 83.3 Å². The third-order valence-corrected chi connectivity index (χ3v) is 4.65. The average Bonchev–Trinajstić information content (AvgIpc) is 3.02. The van der Waals surface area contributed by atoms with E-state index in [0.717, 1.165) is 29.0 Å². The van der Waals surface area contributed by atoms with Crippen LogP contribution >= 0.6 is 0 Å². The fraction of sp³-hybridized carbons (Fsp3) is 0.190. The number of nitrogens with zero attached hydrogens (tertiary/aromatic N) is 3. The number of imidazole rings is 1. The molecule has 3 aromatic rings. The van der Waals surface area contributed by atoms with E-state index in [-0.39, 0.29) is 11.5 Å². The Morgan fingerprint density at radius 3 is 2.96 bits per heavy atom. The van der Waals surface area contributed by atoms with Gasteiger partial charge in [-0.2, -0.15) is 0 Å². The second-order valence-corrected chi connectivity index (χ2v) is 6.66. The van der Waals surface area contributed by atoms with E-state index < -0.39 is 0 Å². The van der Waals surface area contributed by atoms with Crippen molar-refractivity contribution in [3.63, 3.8) is 0 Å². The average molecular weight is 346 g/mol. The molecule has 4 rings (SSSR count). The van der Waals surface area contributed by atoms with E-state index in [9.17, 15) is 4.39 Å². The van der Waals surface area contributed by atoms with Crippen LogP contribution in [0.25, 0.3) is 11.2 Å². The lowest BCUT2D eigenvalue weighted by atomic mass is 9.92. The van der Waals surface area contributed by atoms with Crippen LogP contribution in [0.1, 0.15) is 36.0 Å². The highest BCUT2D eigenvalue weighted by Crippen LogP contribution is 2.31. The SMILES string of the molecule is Cc1nccn2c(C(=N)c3cccc(F)c3)c(C3=CC=CC(C)C3)nc12.